The zero-order valence-corrected chi connectivity index (χ0v) is 19.2. The summed E-state index contributed by atoms with van der Waals surface area (Å²) in [5, 5.41) is 15.3. The minimum atomic E-state index is -0.689. The molecule has 33 heavy (non-hydrogen) atoms. The lowest BCUT2D eigenvalue weighted by atomic mass is 10.1. The molecule has 0 aliphatic rings. The molecule has 0 fully saturated rings. The average Bonchev–Trinajstić information content (AvgIpc) is 3.13. The maximum absolute atomic E-state index is 10.5. The zero-order valence-electron chi connectivity index (χ0n) is 19.2. The van der Waals surface area contributed by atoms with Gasteiger partial charge in [-0.25, -0.2) is 4.68 Å². The van der Waals surface area contributed by atoms with Gasteiger partial charge in [0.15, 0.2) is 0 Å². The van der Waals surface area contributed by atoms with E-state index in [1.54, 1.807) is 11.8 Å². The summed E-state index contributed by atoms with van der Waals surface area (Å²) in [5.74, 6) is 3.80. The van der Waals surface area contributed by atoms with Gasteiger partial charge < -0.3 is 19.3 Å². The first-order chi connectivity index (χ1) is 16.1. The summed E-state index contributed by atoms with van der Waals surface area (Å²) in [5.41, 5.74) is 2.76. The third-order valence-electron chi connectivity index (χ3n) is 5.05. The van der Waals surface area contributed by atoms with Crippen molar-refractivity contribution in [3.05, 3.63) is 66.2 Å². The number of aliphatic hydroxyl groups is 1. The summed E-state index contributed by atoms with van der Waals surface area (Å²) >= 11 is 0. The molecule has 7 heteroatoms. The van der Waals surface area contributed by atoms with Crippen molar-refractivity contribution in [2.45, 2.75) is 12.6 Å². The molecule has 0 unspecified atom stereocenters. The Kier molecular flexibility index (Phi) is 9.48. The Labute approximate surface area is 195 Å². The predicted molar refractivity (Wildman–Crippen MR) is 128 cm³/mol. The van der Waals surface area contributed by atoms with E-state index in [0.29, 0.717) is 32.1 Å². The highest BCUT2D eigenvalue weighted by atomic mass is 16.5. The molecule has 7 nitrogen and oxygen atoms in total. The van der Waals surface area contributed by atoms with Crippen LogP contribution in [0.1, 0.15) is 5.56 Å². The minimum absolute atomic E-state index is 0.166. The summed E-state index contributed by atoms with van der Waals surface area (Å²) in [6, 6.07) is 19.6. The molecule has 1 atom stereocenters. The molecule has 1 heterocycles. The van der Waals surface area contributed by atoms with Gasteiger partial charge >= 0.3 is 0 Å². The number of rotatable bonds is 13. The number of ether oxygens (including phenoxy) is 3. The van der Waals surface area contributed by atoms with E-state index in [1.807, 2.05) is 67.7 Å². The van der Waals surface area contributed by atoms with E-state index in [-0.39, 0.29) is 13.2 Å². The van der Waals surface area contributed by atoms with Crippen molar-refractivity contribution in [1.29, 1.82) is 0 Å². The molecular weight excluding hydrogens is 418 g/mol. The van der Waals surface area contributed by atoms with E-state index in [4.69, 9.17) is 25.7 Å². The van der Waals surface area contributed by atoms with E-state index in [9.17, 15) is 5.11 Å². The fourth-order valence-electron chi connectivity index (χ4n) is 3.53. The number of terminal acetylenes is 1. The molecule has 2 aromatic carbocycles. The summed E-state index contributed by atoms with van der Waals surface area (Å²) in [4.78, 5) is 2.11. The number of benzene rings is 2. The molecule has 0 aliphatic carbocycles. The zero-order chi connectivity index (χ0) is 23.5. The molecule has 0 radical (unpaired) electrons. The quantitative estimate of drug-likeness (QED) is 0.319. The Morgan fingerprint density at radius 3 is 2.48 bits per heavy atom. The standard InChI is InChI=1S/C26H31N3O4/c1-4-16-32-20-22(30)18-29(15-17-31-3)19-24-25(21-11-7-5-8-12-21)27-28(2)26(24)33-23-13-9-6-10-14-23/h1,5-14,22,30H,15-20H2,2-3H3/t22-/m1/s1. The molecule has 1 aromatic heterocycles. The molecule has 0 amide bonds. The first-order valence-electron chi connectivity index (χ1n) is 10.9. The van der Waals surface area contributed by atoms with Crippen LogP contribution < -0.4 is 4.74 Å². The van der Waals surface area contributed by atoms with Crippen LogP contribution in [-0.4, -0.2) is 65.9 Å². The fraction of sp³-hybridized carbons (Fsp3) is 0.346. The summed E-state index contributed by atoms with van der Waals surface area (Å²) in [6.07, 6.45) is 4.54. The van der Waals surface area contributed by atoms with Crippen molar-refractivity contribution in [3.8, 4) is 35.2 Å². The van der Waals surface area contributed by atoms with Gasteiger partial charge in [0.2, 0.25) is 5.88 Å². The molecule has 0 saturated carbocycles. The first kappa shape index (κ1) is 24.5. The van der Waals surface area contributed by atoms with E-state index < -0.39 is 6.10 Å². The Morgan fingerprint density at radius 1 is 1.12 bits per heavy atom. The number of aryl methyl sites for hydroxylation is 1. The minimum Gasteiger partial charge on any atom is -0.439 e. The Morgan fingerprint density at radius 2 is 1.82 bits per heavy atom. The Bertz CT molecular complexity index is 1020. The van der Waals surface area contributed by atoms with E-state index >= 15 is 0 Å². The maximum Gasteiger partial charge on any atom is 0.222 e. The highest BCUT2D eigenvalue weighted by Crippen LogP contribution is 2.34. The third-order valence-corrected chi connectivity index (χ3v) is 5.05. The number of para-hydroxylation sites is 1. The van der Waals surface area contributed by atoms with E-state index in [0.717, 1.165) is 22.6 Å². The molecule has 174 valence electrons. The first-order valence-corrected chi connectivity index (χ1v) is 10.9. The molecule has 3 aromatic rings. The lowest BCUT2D eigenvalue weighted by Crippen LogP contribution is -2.36. The second-order valence-corrected chi connectivity index (χ2v) is 7.64. The highest BCUT2D eigenvalue weighted by Gasteiger charge is 2.23. The smallest absolute Gasteiger partial charge is 0.222 e. The number of hydrogen-bond acceptors (Lipinski definition) is 6. The van der Waals surface area contributed by atoms with E-state index in [1.165, 1.54) is 0 Å². The lowest BCUT2D eigenvalue weighted by Gasteiger charge is -2.25. The number of methoxy groups -OCH3 is 1. The SMILES string of the molecule is C#CCOC[C@H](O)CN(CCOC)Cc1c(-c2ccccc2)nn(C)c1Oc1ccccc1. The van der Waals surface area contributed by atoms with Crippen LogP contribution in [-0.2, 0) is 23.1 Å². The molecule has 0 saturated heterocycles. The molecule has 0 aliphatic heterocycles. The van der Waals surface area contributed by atoms with Crippen molar-refractivity contribution < 1.29 is 19.3 Å². The molecular formula is C26H31N3O4. The number of hydrogen-bond donors (Lipinski definition) is 1. The monoisotopic (exact) mass is 449 g/mol. The van der Waals surface area contributed by atoms with Crippen molar-refractivity contribution >= 4 is 0 Å². The van der Waals surface area contributed by atoms with Gasteiger partial charge in [0.25, 0.3) is 0 Å². The van der Waals surface area contributed by atoms with Crippen molar-refractivity contribution in [2.75, 3.05) is 40.0 Å². The number of aromatic nitrogens is 2. The summed E-state index contributed by atoms with van der Waals surface area (Å²) < 4.78 is 18.6. The van der Waals surface area contributed by atoms with Crippen LogP contribution in [0.2, 0.25) is 0 Å². The molecule has 0 bridgehead atoms. The van der Waals surface area contributed by atoms with Crippen molar-refractivity contribution in [2.24, 2.45) is 7.05 Å². The highest BCUT2D eigenvalue weighted by molar-refractivity contribution is 5.65. The van der Waals surface area contributed by atoms with Crippen LogP contribution >= 0.6 is 0 Å². The summed E-state index contributed by atoms with van der Waals surface area (Å²) in [6.45, 7) is 2.38. The largest absolute Gasteiger partial charge is 0.439 e. The van der Waals surface area contributed by atoms with Gasteiger partial charge in [0.05, 0.1) is 24.9 Å². The van der Waals surface area contributed by atoms with Gasteiger partial charge in [-0.15, -0.1) is 6.42 Å². The molecule has 0 spiro atoms. The fourth-order valence-corrected chi connectivity index (χ4v) is 3.53. The van der Waals surface area contributed by atoms with Gasteiger partial charge in [-0.2, -0.15) is 5.10 Å². The lowest BCUT2D eigenvalue weighted by molar-refractivity contribution is 0.0206. The predicted octanol–water partition coefficient (Wildman–Crippen LogP) is 3.34. The van der Waals surface area contributed by atoms with Gasteiger partial charge in [-0.3, -0.25) is 4.90 Å². The molecule has 1 N–H and O–H groups in total. The normalized spacial score (nSPS) is 12.0. The van der Waals surface area contributed by atoms with Crippen LogP contribution in [0.5, 0.6) is 11.6 Å². The van der Waals surface area contributed by atoms with Crippen LogP contribution in [0.25, 0.3) is 11.3 Å². The van der Waals surface area contributed by atoms with Crippen LogP contribution in [0.15, 0.2) is 60.7 Å². The average molecular weight is 450 g/mol. The number of nitrogens with zero attached hydrogens (tertiary/aromatic N) is 3. The topological polar surface area (TPSA) is 69.0 Å². The van der Waals surface area contributed by atoms with Crippen LogP contribution in [0, 0.1) is 12.3 Å². The maximum atomic E-state index is 10.5. The van der Waals surface area contributed by atoms with Gasteiger partial charge in [-0.05, 0) is 12.1 Å². The van der Waals surface area contributed by atoms with Gasteiger partial charge in [0, 0.05) is 39.4 Å². The van der Waals surface area contributed by atoms with E-state index in [2.05, 4.69) is 10.8 Å². The van der Waals surface area contributed by atoms with Gasteiger partial charge in [0.1, 0.15) is 18.1 Å². The Balaban J connectivity index is 1.91. The summed E-state index contributed by atoms with van der Waals surface area (Å²) in [7, 11) is 3.53. The van der Waals surface area contributed by atoms with Crippen LogP contribution in [0.3, 0.4) is 0 Å². The number of aliphatic hydroxyl groups excluding tert-OH is 1. The van der Waals surface area contributed by atoms with Crippen molar-refractivity contribution in [3.63, 3.8) is 0 Å². The van der Waals surface area contributed by atoms with Gasteiger partial charge in [-0.1, -0.05) is 54.5 Å². The van der Waals surface area contributed by atoms with Crippen molar-refractivity contribution in [1.82, 2.24) is 14.7 Å². The third kappa shape index (κ3) is 7.17. The second kappa shape index (κ2) is 12.8. The Hall–Kier alpha value is -3.15. The van der Waals surface area contributed by atoms with Crippen LogP contribution in [0.4, 0.5) is 0 Å². The molecule has 3 rings (SSSR count). The second-order valence-electron chi connectivity index (χ2n) is 7.64.